The van der Waals surface area contributed by atoms with Crippen LogP contribution in [0.3, 0.4) is 0 Å². The summed E-state index contributed by atoms with van der Waals surface area (Å²) in [6.07, 6.45) is 0. The molecule has 24 heavy (non-hydrogen) atoms. The van der Waals surface area contributed by atoms with Gasteiger partial charge in [0.15, 0.2) is 0 Å². The third-order valence-electron chi connectivity index (χ3n) is 4.61. The number of benzene rings is 2. The minimum atomic E-state index is -0.464. The molecule has 1 saturated heterocycles. The van der Waals surface area contributed by atoms with E-state index in [-0.39, 0.29) is 17.5 Å². The second-order valence-corrected chi connectivity index (χ2v) is 6.41. The number of halogens is 2. The lowest BCUT2D eigenvalue weighted by atomic mass is 10.1. The number of amides is 1. The Kier molecular flexibility index (Phi) is 5.17. The molecular formula is C19H20ClFN2O. The van der Waals surface area contributed by atoms with Gasteiger partial charge in [-0.25, -0.2) is 4.39 Å². The van der Waals surface area contributed by atoms with E-state index in [2.05, 4.69) is 11.8 Å². The molecule has 0 N–H and O–H groups in total. The Labute approximate surface area is 146 Å². The molecule has 2 aromatic carbocycles. The fraction of sp³-hybridized carbons (Fsp3) is 0.316. The monoisotopic (exact) mass is 346 g/mol. The number of hydrogen-bond donors (Lipinski definition) is 0. The number of rotatable bonds is 3. The summed E-state index contributed by atoms with van der Waals surface area (Å²) < 4.78 is 13.8. The second-order valence-electron chi connectivity index (χ2n) is 6.01. The predicted molar refractivity (Wildman–Crippen MR) is 93.7 cm³/mol. The molecule has 0 aromatic heterocycles. The van der Waals surface area contributed by atoms with E-state index in [1.165, 1.54) is 12.1 Å². The van der Waals surface area contributed by atoms with Gasteiger partial charge < -0.3 is 4.90 Å². The van der Waals surface area contributed by atoms with E-state index in [1.54, 1.807) is 17.0 Å². The molecule has 1 aliphatic rings. The molecule has 1 aliphatic heterocycles. The first-order chi connectivity index (χ1) is 11.6. The van der Waals surface area contributed by atoms with Crippen LogP contribution in [0.25, 0.3) is 0 Å². The van der Waals surface area contributed by atoms with Crippen molar-refractivity contribution in [2.24, 2.45) is 0 Å². The Bertz CT molecular complexity index is 729. The van der Waals surface area contributed by atoms with Crippen LogP contribution in [0, 0.1) is 5.82 Å². The van der Waals surface area contributed by atoms with E-state index >= 15 is 0 Å². The van der Waals surface area contributed by atoms with Gasteiger partial charge >= 0.3 is 0 Å². The van der Waals surface area contributed by atoms with Gasteiger partial charge in [0.25, 0.3) is 5.91 Å². The lowest BCUT2D eigenvalue weighted by Gasteiger charge is -2.38. The highest BCUT2D eigenvalue weighted by molar-refractivity contribution is 6.31. The molecule has 3 rings (SSSR count). The summed E-state index contributed by atoms with van der Waals surface area (Å²) in [6.45, 7) is 4.78. The molecule has 1 heterocycles. The maximum absolute atomic E-state index is 13.8. The van der Waals surface area contributed by atoms with Gasteiger partial charge in [0.1, 0.15) is 5.82 Å². The zero-order chi connectivity index (χ0) is 17.1. The Morgan fingerprint density at radius 3 is 2.33 bits per heavy atom. The molecule has 0 radical (unpaired) electrons. The molecule has 1 atom stereocenters. The number of hydrogen-bond acceptors (Lipinski definition) is 2. The quantitative estimate of drug-likeness (QED) is 0.838. The summed E-state index contributed by atoms with van der Waals surface area (Å²) >= 11 is 6.28. The molecule has 5 heteroatoms. The largest absolute Gasteiger partial charge is 0.336 e. The van der Waals surface area contributed by atoms with Crippen molar-refractivity contribution in [3.8, 4) is 0 Å². The summed E-state index contributed by atoms with van der Waals surface area (Å²) in [5.41, 5.74) is 1.23. The average molecular weight is 347 g/mol. The molecule has 0 bridgehead atoms. The van der Waals surface area contributed by atoms with E-state index in [0.29, 0.717) is 13.1 Å². The summed E-state index contributed by atoms with van der Waals surface area (Å²) in [5, 5.41) is 0.759. The lowest BCUT2D eigenvalue weighted by molar-refractivity contribution is 0.0578. The topological polar surface area (TPSA) is 23.6 Å². The minimum absolute atomic E-state index is 0.144. The van der Waals surface area contributed by atoms with Crippen LogP contribution in [0.4, 0.5) is 4.39 Å². The van der Waals surface area contributed by atoms with Crippen molar-refractivity contribution >= 4 is 17.5 Å². The Morgan fingerprint density at radius 2 is 1.67 bits per heavy atom. The van der Waals surface area contributed by atoms with Crippen LogP contribution in [-0.2, 0) is 0 Å². The van der Waals surface area contributed by atoms with Crippen LogP contribution in [0.1, 0.15) is 28.9 Å². The first-order valence-corrected chi connectivity index (χ1v) is 8.48. The smallest absolute Gasteiger partial charge is 0.256 e. The van der Waals surface area contributed by atoms with Crippen LogP contribution in [0.15, 0.2) is 48.5 Å². The van der Waals surface area contributed by atoms with Crippen LogP contribution in [0.2, 0.25) is 5.02 Å². The van der Waals surface area contributed by atoms with E-state index < -0.39 is 5.82 Å². The van der Waals surface area contributed by atoms with Gasteiger partial charge in [-0.05, 0) is 30.7 Å². The van der Waals surface area contributed by atoms with Crippen molar-refractivity contribution in [3.63, 3.8) is 0 Å². The van der Waals surface area contributed by atoms with Gasteiger partial charge in [-0.1, -0.05) is 41.9 Å². The van der Waals surface area contributed by atoms with Gasteiger partial charge in [-0.15, -0.1) is 0 Å². The van der Waals surface area contributed by atoms with Crippen molar-refractivity contribution in [2.75, 3.05) is 26.2 Å². The van der Waals surface area contributed by atoms with E-state index in [1.807, 2.05) is 24.3 Å². The molecule has 1 amide bonds. The molecule has 2 aromatic rings. The first kappa shape index (κ1) is 16.9. The number of nitrogens with zero attached hydrogens (tertiary/aromatic N) is 2. The number of carbonyl (C=O) groups excluding carboxylic acids is 1. The molecule has 0 spiro atoms. The van der Waals surface area contributed by atoms with Crippen LogP contribution < -0.4 is 0 Å². The highest BCUT2D eigenvalue weighted by Crippen LogP contribution is 2.28. The van der Waals surface area contributed by atoms with Crippen molar-refractivity contribution in [1.29, 1.82) is 0 Å². The lowest BCUT2D eigenvalue weighted by Crippen LogP contribution is -2.49. The zero-order valence-corrected chi connectivity index (χ0v) is 14.3. The summed E-state index contributed by atoms with van der Waals surface area (Å²) in [4.78, 5) is 16.5. The standard InChI is InChI=1S/C19H20ClFN2O/c1-14(15-6-2-4-8-17(15)20)22-10-12-23(13-11-22)19(24)16-7-3-5-9-18(16)21/h2-9,14H,10-13H2,1H3. The highest BCUT2D eigenvalue weighted by atomic mass is 35.5. The van der Waals surface area contributed by atoms with Gasteiger partial charge in [-0.3, -0.25) is 9.69 Å². The Balaban J connectivity index is 1.65. The van der Waals surface area contributed by atoms with Crippen LogP contribution in [-0.4, -0.2) is 41.9 Å². The number of piperazine rings is 1. The molecule has 126 valence electrons. The van der Waals surface area contributed by atoms with Gasteiger partial charge in [0, 0.05) is 37.2 Å². The van der Waals surface area contributed by atoms with Crippen LogP contribution in [0.5, 0.6) is 0 Å². The minimum Gasteiger partial charge on any atom is -0.336 e. The summed E-state index contributed by atoms with van der Waals surface area (Å²) in [7, 11) is 0. The molecule has 1 fully saturated rings. The van der Waals surface area contributed by atoms with E-state index in [4.69, 9.17) is 11.6 Å². The molecular weight excluding hydrogens is 327 g/mol. The Morgan fingerprint density at radius 1 is 1.04 bits per heavy atom. The SMILES string of the molecule is CC(c1ccccc1Cl)N1CCN(C(=O)c2ccccc2F)CC1. The van der Waals surface area contributed by atoms with Crippen molar-refractivity contribution in [2.45, 2.75) is 13.0 Å². The zero-order valence-electron chi connectivity index (χ0n) is 13.6. The Hall–Kier alpha value is -1.91. The van der Waals surface area contributed by atoms with Crippen molar-refractivity contribution < 1.29 is 9.18 Å². The summed E-state index contributed by atoms with van der Waals surface area (Å²) in [6, 6.07) is 14.2. The number of carbonyl (C=O) groups is 1. The van der Waals surface area contributed by atoms with E-state index in [0.717, 1.165) is 23.7 Å². The first-order valence-electron chi connectivity index (χ1n) is 8.10. The van der Waals surface area contributed by atoms with Crippen molar-refractivity contribution in [1.82, 2.24) is 9.80 Å². The third-order valence-corrected chi connectivity index (χ3v) is 4.95. The van der Waals surface area contributed by atoms with Gasteiger partial charge in [-0.2, -0.15) is 0 Å². The third kappa shape index (κ3) is 3.45. The molecule has 0 aliphatic carbocycles. The maximum Gasteiger partial charge on any atom is 0.256 e. The normalized spacial score (nSPS) is 16.9. The maximum atomic E-state index is 13.8. The van der Waals surface area contributed by atoms with Gasteiger partial charge in [0.05, 0.1) is 5.56 Å². The predicted octanol–water partition coefficient (Wildman–Crippen LogP) is 4.00. The second kappa shape index (κ2) is 7.32. The van der Waals surface area contributed by atoms with Gasteiger partial charge in [0.2, 0.25) is 0 Å². The average Bonchev–Trinajstić information content (AvgIpc) is 2.61. The molecule has 3 nitrogen and oxygen atoms in total. The fourth-order valence-corrected chi connectivity index (χ4v) is 3.42. The van der Waals surface area contributed by atoms with E-state index in [9.17, 15) is 9.18 Å². The molecule has 1 unspecified atom stereocenters. The molecule has 0 saturated carbocycles. The summed E-state index contributed by atoms with van der Waals surface area (Å²) in [5.74, 6) is -0.701. The highest BCUT2D eigenvalue weighted by Gasteiger charge is 2.27. The fourth-order valence-electron chi connectivity index (χ4n) is 3.13. The van der Waals surface area contributed by atoms with Crippen molar-refractivity contribution in [3.05, 3.63) is 70.5 Å². The van der Waals surface area contributed by atoms with Crippen LogP contribution >= 0.6 is 11.6 Å².